The molecule has 4 aromatic rings. The second kappa shape index (κ2) is 8.31. The largest absolute Gasteiger partial charge is 0.146 e. The fourth-order valence-corrected chi connectivity index (χ4v) is 7.05. The van der Waals surface area contributed by atoms with E-state index in [1.54, 1.807) is 0 Å². The first-order valence-electron chi connectivity index (χ1n) is 8.64. The molecule has 0 unspecified atom stereocenters. The van der Waals surface area contributed by atoms with E-state index in [9.17, 15) is 0 Å². The first kappa shape index (κ1) is 17.0. The van der Waals surface area contributed by atoms with Crippen molar-refractivity contribution in [3.8, 4) is 11.1 Å². The summed E-state index contributed by atoms with van der Waals surface area (Å²) in [4.78, 5) is 4.10. The highest BCUT2D eigenvalue weighted by Crippen LogP contribution is 2.57. The molecule has 0 spiro atoms. The Hall–Kier alpha value is -2.42. The molecule has 4 aromatic carbocycles. The van der Waals surface area contributed by atoms with Gasteiger partial charge in [0.2, 0.25) is 0 Å². The van der Waals surface area contributed by atoms with Crippen molar-refractivity contribution in [3.05, 3.63) is 115 Å². The molecule has 0 aromatic heterocycles. The van der Waals surface area contributed by atoms with Crippen LogP contribution in [0.2, 0.25) is 0 Å². The van der Waals surface area contributed by atoms with Gasteiger partial charge in [0.25, 0.3) is 0 Å². The standard InChI is InChI=1S/C24H20S2/c1-4-10-20(11-5-1)21-16-18-22(19-17-21)25-26(23-12-6-2-7-13-23)24-14-8-3-9-15-24/h1-19,26H. The van der Waals surface area contributed by atoms with Crippen LogP contribution in [-0.2, 0) is 0 Å². The van der Waals surface area contributed by atoms with Gasteiger partial charge in [0.1, 0.15) is 0 Å². The highest BCUT2D eigenvalue weighted by atomic mass is 33.1. The Kier molecular flexibility index (Phi) is 5.44. The maximum Gasteiger partial charge on any atom is 0.0172 e. The molecule has 0 aliphatic rings. The van der Waals surface area contributed by atoms with Crippen molar-refractivity contribution in [1.82, 2.24) is 0 Å². The first-order chi connectivity index (χ1) is 12.9. The van der Waals surface area contributed by atoms with E-state index in [1.165, 1.54) is 25.8 Å². The van der Waals surface area contributed by atoms with Crippen molar-refractivity contribution in [3.63, 3.8) is 0 Å². The molecule has 0 N–H and O–H groups in total. The molecule has 0 saturated carbocycles. The number of hydrogen-bond donors (Lipinski definition) is 1. The molecular weight excluding hydrogens is 352 g/mol. The topological polar surface area (TPSA) is 0 Å². The Morgan fingerprint density at radius 1 is 0.423 bits per heavy atom. The second-order valence-electron chi connectivity index (χ2n) is 5.95. The molecule has 0 amide bonds. The molecule has 0 fully saturated rings. The van der Waals surface area contributed by atoms with Gasteiger partial charge in [-0.2, -0.15) is 0 Å². The normalized spacial score (nSPS) is 11.2. The second-order valence-corrected chi connectivity index (χ2v) is 9.87. The zero-order chi connectivity index (χ0) is 17.6. The minimum Gasteiger partial charge on any atom is -0.146 e. The maximum absolute atomic E-state index is 2.24. The van der Waals surface area contributed by atoms with E-state index >= 15 is 0 Å². The van der Waals surface area contributed by atoms with Crippen molar-refractivity contribution in [2.45, 2.75) is 14.7 Å². The summed E-state index contributed by atoms with van der Waals surface area (Å²) in [5.41, 5.74) is 2.52. The van der Waals surface area contributed by atoms with Gasteiger partial charge in [0.15, 0.2) is 0 Å². The zero-order valence-corrected chi connectivity index (χ0v) is 16.0. The van der Waals surface area contributed by atoms with E-state index < -0.39 is 9.93 Å². The third-order valence-corrected chi connectivity index (χ3v) is 8.78. The van der Waals surface area contributed by atoms with Crippen LogP contribution in [0.4, 0.5) is 0 Å². The van der Waals surface area contributed by atoms with Gasteiger partial charge < -0.3 is 0 Å². The van der Waals surface area contributed by atoms with Crippen LogP contribution in [0.3, 0.4) is 0 Å². The molecule has 0 heterocycles. The molecule has 128 valence electrons. The van der Waals surface area contributed by atoms with Gasteiger partial charge in [-0.3, -0.25) is 0 Å². The third kappa shape index (κ3) is 4.04. The molecule has 2 heteroatoms. The van der Waals surface area contributed by atoms with Gasteiger partial charge in [-0.05, 0) is 47.5 Å². The van der Waals surface area contributed by atoms with E-state index in [0.717, 1.165) is 0 Å². The summed E-state index contributed by atoms with van der Waals surface area (Å²) in [6.45, 7) is 0. The van der Waals surface area contributed by atoms with Crippen LogP contribution >= 0.6 is 20.7 Å². The molecule has 0 atom stereocenters. The van der Waals surface area contributed by atoms with Crippen LogP contribution in [0.5, 0.6) is 0 Å². The van der Waals surface area contributed by atoms with E-state index in [2.05, 4.69) is 115 Å². The number of rotatable bonds is 5. The zero-order valence-electron chi connectivity index (χ0n) is 14.3. The molecule has 0 aliphatic heterocycles. The lowest BCUT2D eigenvalue weighted by Gasteiger charge is -2.22. The van der Waals surface area contributed by atoms with Gasteiger partial charge in [0.05, 0.1) is 0 Å². The highest BCUT2D eigenvalue weighted by molar-refractivity contribution is 8.85. The maximum atomic E-state index is 2.24. The summed E-state index contributed by atoms with van der Waals surface area (Å²) in [6.07, 6.45) is 0. The molecule has 0 bridgehead atoms. The highest BCUT2D eigenvalue weighted by Gasteiger charge is 2.11. The Bertz CT molecular complexity index is 894. The van der Waals surface area contributed by atoms with Crippen LogP contribution in [0.15, 0.2) is 130 Å². The molecular formula is C24H20S2. The van der Waals surface area contributed by atoms with Crippen molar-refractivity contribution < 1.29 is 0 Å². The lowest BCUT2D eigenvalue weighted by atomic mass is 10.1. The van der Waals surface area contributed by atoms with Crippen LogP contribution in [-0.4, -0.2) is 0 Å². The lowest BCUT2D eigenvalue weighted by Crippen LogP contribution is -1.83. The number of thiol groups is 1. The fraction of sp³-hybridized carbons (Fsp3) is 0. The van der Waals surface area contributed by atoms with E-state index in [4.69, 9.17) is 0 Å². The van der Waals surface area contributed by atoms with Gasteiger partial charge in [-0.1, -0.05) is 89.7 Å². The molecule has 4 rings (SSSR count). The molecule has 0 aliphatic carbocycles. The summed E-state index contributed by atoms with van der Waals surface area (Å²) >= 11 is 0. The van der Waals surface area contributed by atoms with Crippen molar-refractivity contribution in [1.29, 1.82) is 0 Å². The number of benzene rings is 4. The van der Waals surface area contributed by atoms with E-state index in [1.807, 2.05) is 10.8 Å². The van der Waals surface area contributed by atoms with Gasteiger partial charge in [-0.15, -0.1) is 9.93 Å². The molecule has 0 radical (unpaired) electrons. The molecule has 0 saturated heterocycles. The van der Waals surface area contributed by atoms with Gasteiger partial charge in [0, 0.05) is 14.7 Å². The van der Waals surface area contributed by atoms with E-state index in [0.29, 0.717) is 0 Å². The summed E-state index contributed by atoms with van der Waals surface area (Å²) in [6, 6.07) is 41.1. The number of hydrogen-bond acceptors (Lipinski definition) is 1. The average molecular weight is 373 g/mol. The summed E-state index contributed by atoms with van der Waals surface area (Å²) in [5.74, 6) is 0. The van der Waals surface area contributed by atoms with Crippen molar-refractivity contribution >= 4 is 20.7 Å². The molecule has 0 nitrogen and oxygen atoms in total. The van der Waals surface area contributed by atoms with Crippen LogP contribution in [0, 0.1) is 0 Å². The van der Waals surface area contributed by atoms with Crippen LogP contribution in [0.25, 0.3) is 11.1 Å². The predicted octanol–water partition coefficient (Wildman–Crippen LogP) is 7.48. The Morgan fingerprint density at radius 3 is 1.35 bits per heavy atom. The fourth-order valence-electron chi connectivity index (χ4n) is 2.83. The monoisotopic (exact) mass is 372 g/mol. The summed E-state index contributed by atoms with van der Waals surface area (Å²) in [7, 11) is 1.49. The Labute approximate surface area is 161 Å². The smallest absolute Gasteiger partial charge is 0.0172 e. The van der Waals surface area contributed by atoms with Crippen LogP contribution < -0.4 is 0 Å². The van der Waals surface area contributed by atoms with Crippen molar-refractivity contribution in [2.24, 2.45) is 0 Å². The average Bonchev–Trinajstić information content (AvgIpc) is 2.74. The van der Waals surface area contributed by atoms with Crippen LogP contribution in [0.1, 0.15) is 0 Å². The minimum atomic E-state index is -0.474. The minimum absolute atomic E-state index is 0.474. The van der Waals surface area contributed by atoms with E-state index in [-0.39, 0.29) is 0 Å². The lowest BCUT2D eigenvalue weighted by molar-refractivity contribution is 1.40. The van der Waals surface area contributed by atoms with Gasteiger partial charge >= 0.3 is 0 Å². The third-order valence-electron chi connectivity index (χ3n) is 4.14. The SMILES string of the molecule is c1ccc(-c2ccc(S[SH](c3ccccc3)c3ccccc3)cc2)cc1. The van der Waals surface area contributed by atoms with Crippen molar-refractivity contribution in [2.75, 3.05) is 0 Å². The predicted molar refractivity (Wildman–Crippen MR) is 116 cm³/mol. The summed E-state index contributed by atoms with van der Waals surface area (Å²) < 4.78 is 0. The quantitative estimate of drug-likeness (QED) is 0.280. The van der Waals surface area contributed by atoms with Gasteiger partial charge in [-0.25, -0.2) is 0 Å². The molecule has 26 heavy (non-hydrogen) atoms. The Morgan fingerprint density at radius 2 is 0.846 bits per heavy atom. The first-order valence-corrected chi connectivity index (χ1v) is 11.4. The summed E-state index contributed by atoms with van der Waals surface area (Å²) in [5, 5.41) is 0. The Balaban J connectivity index is 1.62.